The normalized spacial score (nSPS) is 18.9. The Morgan fingerprint density at radius 3 is 2.95 bits per heavy atom. The van der Waals surface area contributed by atoms with Crippen LogP contribution in [0.15, 0.2) is 18.2 Å². The largest absolute Gasteiger partial charge is 0.336 e. The lowest BCUT2D eigenvalue weighted by Crippen LogP contribution is -2.36. The summed E-state index contributed by atoms with van der Waals surface area (Å²) in [5.74, 6) is -2.41. The fraction of sp³-hybridized carbons (Fsp3) is 0.500. The maximum absolute atomic E-state index is 13.7. The van der Waals surface area contributed by atoms with Gasteiger partial charge in [-0.2, -0.15) is 0 Å². The monoisotopic (exact) mass is 331 g/mol. The van der Waals surface area contributed by atoms with Crippen molar-refractivity contribution in [1.29, 1.82) is 0 Å². The van der Waals surface area contributed by atoms with E-state index >= 15 is 0 Å². The number of halogens is 3. The highest BCUT2D eigenvalue weighted by Crippen LogP contribution is 2.25. The van der Waals surface area contributed by atoms with E-state index in [-0.39, 0.29) is 11.6 Å². The quantitative estimate of drug-likeness (QED) is 0.769. The van der Waals surface area contributed by atoms with Gasteiger partial charge in [-0.1, -0.05) is 22.0 Å². The van der Waals surface area contributed by atoms with Gasteiger partial charge in [0.25, 0.3) is 5.91 Å². The van der Waals surface area contributed by atoms with Crippen LogP contribution >= 0.6 is 15.9 Å². The average molecular weight is 332 g/mol. The number of nitrogens with zero attached hydrogens (tertiary/aromatic N) is 1. The van der Waals surface area contributed by atoms with Gasteiger partial charge in [0.15, 0.2) is 11.6 Å². The third kappa shape index (κ3) is 3.14. The van der Waals surface area contributed by atoms with Gasteiger partial charge in [0, 0.05) is 17.9 Å². The average Bonchev–Trinajstić information content (AvgIpc) is 2.87. The van der Waals surface area contributed by atoms with Gasteiger partial charge < -0.3 is 4.90 Å². The lowest BCUT2D eigenvalue weighted by molar-refractivity contribution is 0.0724. The first-order valence-electron chi connectivity index (χ1n) is 6.46. The second-order valence-electron chi connectivity index (χ2n) is 4.73. The second kappa shape index (κ2) is 6.46. The van der Waals surface area contributed by atoms with Crippen LogP contribution in [0.25, 0.3) is 0 Å². The van der Waals surface area contributed by atoms with Crippen molar-refractivity contribution >= 4 is 21.8 Å². The highest BCUT2D eigenvalue weighted by molar-refractivity contribution is 9.09. The molecule has 0 spiro atoms. The van der Waals surface area contributed by atoms with Gasteiger partial charge in [-0.15, -0.1) is 0 Å². The number of hydrogen-bond acceptors (Lipinski definition) is 1. The predicted octanol–water partition coefficient (Wildman–Crippen LogP) is 3.74. The number of benzene rings is 1. The third-order valence-corrected chi connectivity index (χ3v) is 4.05. The number of likely N-dealkylation sites (tertiary alicyclic amines) is 1. The molecule has 1 atom stereocenters. The molecule has 1 fully saturated rings. The Morgan fingerprint density at radius 1 is 1.42 bits per heavy atom. The van der Waals surface area contributed by atoms with Gasteiger partial charge in [-0.3, -0.25) is 4.79 Å². The summed E-state index contributed by atoms with van der Waals surface area (Å²) in [4.78, 5) is 14.0. The lowest BCUT2D eigenvalue weighted by atomic mass is 10.1. The van der Waals surface area contributed by atoms with E-state index in [0.717, 1.165) is 37.1 Å². The first-order valence-corrected chi connectivity index (χ1v) is 7.58. The molecule has 0 aliphatic carbocycles. The predicted molar refractivity (Wildman–Crippen MR) is 73.4 cm³/mol. The van der Waals surface area contributed by atoms with E-state index in [4.69, 9.17) is 0 Å². The topological polar surface area (TPSA) is 20.3 Å². The van der Waals surface area contributed by atoms with Crippen molar-refractivity contribution in [2.45, 2.75) is 31.7 Å². The molecule has 5 heteroatoms. The molecule has 1 saturated heterocycles. The number of carbonyl (C=O) groups is 1. The number of amides is 1. The minimum atomic E-state index is -1.04. The summed E-state index contributed by atoms with van der Waals surface area (Å²) in [6.45, 7) is 0.627. The maximum atomic E-state index is 13.7. The Hall–Kier alpha value is -0.970. The van der Waals surface area contributed by atoms with Crippen LogP contribution in [0.1, 0.15) is 36.0 Å². The van der Waals surface area contributed by atoms with Crippen molar-refractivity contribution in [2.24, 2.45) is 0 Å². The molecule has 1 aliphatic rings. The molecule has 1 unspecified atom stereocenters. The molecule has 0 saturated carbocycles. The van der Waals surface area contributed by atoms with Gasteiger partial charge in [0.1, 0.15) is 0 Å². The molecule has 0 radical (unpaired) electrons. The molecule has 1 heterocycles. The van der Waals surface area contributed by atoms with Gasteiger partial charge in [0.2, 0.25) is 0 Å². The fourth-order valence-corrected chi connectivity index (χ4v) is 2.86. The van der Waals surface area contributed by atoms with Gasteiger partial charge in [0.05, 0.1) is 5.56 Å². The molecule has 1 aliphatic heterocycles. The SMILES string of the molecule is O=C(c1cccc(F)c1F)N1CCCC1CCCBr. The smallest absolute Gasteiger partial charge is 0.257 e. The van der Waals surface area contributed by atoms with Crippen LogP contribution in [0.5, 0.6) is 0 Å². The van der Waals surface area contributed by atoms with Gasteiger partial charge >= 0.3 is 0 Å². The van der Waals surface area contributed by atoms with Crippen molar-refractivity contribution in [2.75, 3.05) is 11.9 Å². The molecule has 0 N–H and O–H groups in total. The van der Waals surface area contributed by atoms with Crippen molar-refractivity contribution in [3.8, 4) is 0 Å². The summed E-state index contributed by atoms with van der Waals surface area (Å²) in [6, 6.07) is 3.89. The van der Waals surface area contributed by atoms with Crippen LogP contribution in [0.2, 0.25) is 0 Å². The van der Waals surface area contributed by atoms with E-state index in [1.807, 2.05) is 0 Å². The number of carbonyl (C=O) groups excluding carboxylic acids is 1. The van der Waals surface area contributed by atoms with E-state index in [2.05, 4.69) is 15.9 Å². The van der Waals surface area contributed by atoms with E-state index in [0.29, 0.717) is 6.54 Å². The Labute approximate surface area is 119 Å². The third-order valence-electron chi connectivity index (χ3n) is 3.49. The summed E-state index contributed by atoms with van der Waals surface area (Å²) < 4.78 is 26.8. The van der Waals surface area contributed by atoms with E-state index in [1.165, 1.54) is 12.1 Å². The lowest BCUT2D eigenvalue weighted by Gasteiger charge is -2.24. The summed E-state index contributed by atoms with van der Waals surface area (Å²) in [5, 5.41) is 0.889. The Balaban J connectivity index is 2.16. The van der Waals surface area contributed by atoms with Crippen molar-refractivity contribution in [1.82, 2.24) is 4.90 Å². The van der Waals surface area contributed by atoms with Gasteiger partial charge in [-0.05, 0) is 37.8 Å². The molecule has 0 bridgehead atoms. The zero-order chi connectivity index (χ0) is 13.8. The summed E-state index contributed by atoms with van der Waals surface area (Å²) in [5.41, 5.74) is -0.161. The molecule has 1 aromatic rings. The number of alkyl halides is 1. The molecular formula is C14H16BrF2NO. The zero-order valence-electron chi connectivity index (χ0n) is 10.5. The second-order valence-corrected chi connectivity index (χ2v) is 5.52. The summed E-state index contributed by atoms with van der Waals surface area (Å²) in [7, 11) is 0. The van der Waals surface area contributed by atoms with E-state index in [1.54, 1.807) is 4.90 Å². The molecule has 19 heavy (non-hydrogen) atoms. The summed E-state index contributed by atoms with van der Waals surface area (Å²) >= 11 is 3.37. The zero-order valence-corrected chi connectivity index (χ0v) is 12.1. The molecule has 2 nitrogen and oxygen atoms in total. The first kappa shape index (κ1) is 14.4. The molecule has 104 valence electrons. The minimum Gasteiger partial charge on any atom is -0.336 e. The molecular weight excluding hydrogens is 316 g/mol. The highest BCUT2D eigenvalue weighted by Gasteiger charge is 2.30. The van der Waals surface area contributed by atoms with Crippen LogP contribution < -0.4 is 0 Å². The molecule has 1 aromatic carbocycles. The van der Waals surface area contributed by atoms with Crippen molar-refractivity contribution in [3.63, 3.8) is 0 Å². The number of hydrogen-bond donors (Lipinski definition) is 0. The highest BCUT2D eigenvalue weighted by atomic mass is 79.9. The number of rotatable bonds is 4. The van der Waals surface area contributed by atoms with Crippen LogP contribution in [-0.2, 0) is 0 Å². The molecule has 1 amide bonds. The van der Waals surface area contributed by atoms with Crippen LogP contribution in [0, 0.1) is 11.6 Å². The summed E-state index contributed by atoms with van der Waals surface area (Å²) in [6.07, 6.45) is 3.74. The maximum Gasteiger partial charge on any atom is 0.257 e. The van der Waals surface area contributed by atoms with Crippen molar-refractivity contribution < 1.29 is 13.6 Å². The van der Waals surface area contributed by atoms with Crippen LogP contribution in [-0.4, -0.2) is 28.7 Å². The van der Waals surface area contributed by atoms with Crippen molar-refractivity contribution in [3.05, 3.63) is 35.4 Å². The first-order chi connectivity index (χ1) is 9.15. The van der Waals surface area contributed by atoms with Crippen LogP contribution in [0.4, 0.5) is 8.78 Å². The van der Waals surface area contributed by atoms with E-state index in [9.17, 15) is 13.6 Å². The molecule has 0 aromatic heterocycles. The molecule has 2 rings (SSSR count). The Kier molecular flexibility index (Phi) is 4.91. The Bertz CT molecular complexity index is 467. The van der Waals surface area contributed by atoms with E-state index < -0.39 is 17.5 Å². The van der Waals surface area contributed by atoms with Gasteiger partial charge in [-0.25, -0.2) is 8.78 Å². The standard InChI is InChI=1S/C14H16BrF2NO/c15-8-2-4-10-5-3-9-18(10)14(19)11-6-1-7-12(16)13(11)17/h1,6-7,10H,2-5,8-9H2. The Morgan fingerprint density at radius 2 is 2.21 bits per heavy atom. The fourth-order valence-electron chi connectivity index (χ4n) is 2.54. The van der Waals surface area contributed by atoms with Crippen LogP contribution in [0.3, 0.4) is 0 Å². The minimum absolute atomic E-state index is 0.146.